The average Bonchev–Trinajstić information content (AvgIpc) is 2.57. The van der Waals surface area contributed by atoms with Crippen molar-refractivity contribution in [3.63, 3.8) is 0 Å². The first kappa shape index (κ1) is 22.7. The monoisotopic (exact) mass is 322 g/mol. The Morgan fingerprint density at radius 1 is 0.522 bits per heavy atom. The molecule has 0 heteroatoms. The van der Waals surface area contributed by atoms with Gasteiger partial charge in [-0.25, -0.2) is 0 Å². The van der Waals surface area contributed by atoms with Gasteiger partial charge in [0, 0.05) is 0 Å². The van der Waals surface area contributed by atoms with Crippen molar-refractivity contribution in [2.45, 2.75) is 129 Å². The van der Waals surface area contributed by atoms with E-state index in [9.17, 15) is 0 Å². The van der Waals surface area contributed by atoms with Crippen LogP contribution in [0, 0.1) is 5.92 Å². The van der Waals surface area contributed by atoms with Crippen molar-refractivity contribution in [1.82, 2.24) is 0 Å². The van der Waals surface area contributed by atoms with Gasteiger partial charge in [0.15, 0.2) is 0 Å². The largest absolute Gasteiger partial charge is 0.103 e. The van der Waals surface area contributed by atoms with Crippen LogP contribution in [-0.4, -0.2) is 0 Å². The van der Waals surface area contributed by atoms with Crippen molar-refractivity contribution in [3.05, 3.63) is 12.7 Å². The highest BCUT2D eigenvalue weighted by Crippen LogP contribution is 2.20. The highest BCUT2D eigenvalue weighted by atomic mass is 14.1. The fourth-order valence-electron chi connectivity index (χ4n) is 3.46. The topological polar surface area (TPSA) is 0 Å². The number of hydrogen-bond acceptors (Lipinski definition) is 0. The van der Waals surface area contributed by atoms with Crippen LogP contribution in [0.5, 0.6) is 0 Å². The molecule has 0 N–H and O–H groups in total. The van der Waals surface area contributed by atoms with Gasteiger partial charge in [0.25, 0.3) is 0 Å². The normalized spacial score (nSPS) is 12.4. The molecule has 0 aromatic rings. The van der Waals surface area contributed by atoms with Crippen molar-refractivity contribution in [3.8, 4) is 0 Å². The van der Waals surface area contributed by atoms with Crippen LogP contribution in [-0.2, 0) is 0 Å². The number of hydrogen-bond donors (Lipinski definition) is 0. The first-order valence-electron chi connectivity index (χ1n) is 11.0. The van der Waals surface area contributed by atoms with E-state index in [1.54, 1.807) is 0 Å². The van der Waals surface area contributed by atoms with E-state index in [1.807, 2.05) is 0 Å². The summed E-state index contributed by atoms with van der Waals surface area (Å²) < 4.78 is 0. The molecule has 23 heavy (non-hydrogen) atoms. The fraction of sp³-hybridized carbons (Fsp3) is 0.913. The minimum absolute atomic E-state index is 0.787. The van der Waals surface area contributed by atoms with Gasteiger partial charge in [-0.05, 0) is 18.8 Å². The quantitative estimate of drug-likeness (QED) is 0.164. The Balaban J connectivity index is 3.30. The summed E-state index contributed by atoms with van der Waals surface area (Å²) in [5.41, 5.74) is 0. The highest BCUT2D eigenvalue weighted by Gasteiger charge is 2.04. The first-order chi connectivity index (χ1) is 11.3. The maximum absolute atomic E-state index is 4.06. The summed E-state index contributed by atoms with van der Waals surface area (Å²) in [6.07, 6.45) is 27.9. The maximum atomic E-state index is 4.06. The Morgan fingerprint density at radius 3 is 1.13 bits per heavy atom. The summed E-state index contributed by atoms with van der Waals surface area (Å²) in [6, 6.07) is 0. The van der Waals surface area contributed by atoms with Gasteiger partial charge in [-0.15, -0.1) is 6.58 Å². The lowest BCUT2D eigenvalue weighted by molar-refractivity contribution is 0.463. The molecule has 0 fully saturated rings. The molecular weight excluding hydrogens is 276 g/mol. The molecule has 0 spiro atoms. The summed E-state index contributed by atoms with van der Waals surface area (Å²) in [5.74, 6) is 0.787. The van der Waals surface area contributed by atoms with E-state index >= 15 is 0 Å². The van der Waals surface area contributed by atoms with Gasteiger partial charge in [0.1, 0.15) is 0 Å². The van der Waals surface area contributed by atoms with E-state index in [0.29, 0.717) is 0 Å². The van der Waals surface area contributed by atoms with Gasteiger partial charge in [0.05, 0.1) is 0 Å². The molecule has 0 bridgehead atoms. The van der Waals surface area contributed by atoms with E-state index in [2.05, 4.69) is 26.5 Å². The molecule has 0 rings (SSSR count). The van der Waals surface area contributed by atoms with Crippen molar-refractivity contribution in [2.24, 2.45) is 5.92 Å². The molecule has 0 nitrogen and oxygen atoms in total. The van der Waals surface area contributed by atoms with Crippen LogP contribution in [0.15, 0.2) is 12.7 Å². The summed E-state index contributed by atoms with van der Waals surface area (Å²) in [7, 11) is 0. The van der Waals surface area contributed by atoms with E-state index in [-0.39, 0.29) is 0 Å². The third-order valence-corrected chi connectivity index (χ3v) is 5.19. The molecule has 0 saturated heterocycles. The number of allylic oxidation sites excluding steroid dienone is 1. The van der Waals surface area contributed by atoms with E-state index in [1.165, 1.54) is 116 Å². The van der Waals surface area contributed by atoms with Crippen LogP contribution in [0.2, 0.25) is 0 Å². The Labute approximate surface area is 148 Å². The highest BCUT2D eigenvalue weighted by molar-refractivity contribution is 4.78. The molecule has 1 atom stereocenters. The molecule has 138 valence electrons. The Morgan fingerprint density at radius 2 is 0.826 bits per heavy atom. The molecule has 0 aliphatic heterocycles. The van der Waals surface area contributed by atoms with Crippen LogP contribution < -0.4 is 0 Å². The summed E-state index contributed by atoms with van der Waals surface area (Å²) >= 11 is 0. The second-order valence-corrected chi connectivity index (χ2v) is 7.52. The van der Waals surface area contributed by atoms with Crippen molar-refractivity contribution in [2.75, 3.05) is 0 Å². The molecule has 0 saturated carbocycles. The molecule has 0 aromatic carbocycles. The van der Waals surface area contributed by atoms with Crippen LogP contribution in [0.4, 0.5) is 0 Å². The standard InChI is InChI=1S/C23H46/c1-4-7-9-11-13-14-16-18-20-22-23(6-3)21-19-17-15-12-10-8-5-2/h6,23H,3-5,7-22H2,1-2H3. The fourth-order valence-corrected chi connectivity index (χ4v) is 3.46. The van der Waals surface area contributed by atoms with Gasteiger partial charge in [0.2, 0.25) is 0 Å². The molecular formula is C23H46. The van der Waals surface area contributed by atoms with Crippen molar-refractivity contribution in [1.29, 1.82) is 0 Å². The lowest BCUT2D eigenvalue weighted by Crippen LogP contribution is -1.97. The Kier molecular flexibility index (Phi) is 19.6. The Bertz CT molecular complexity index is 218. The predicted octanol–water partition coefficient (Wildman–Crippen LogP) is 8.85. The molecule has 0 aliphatic carbocycles. The molecule has 0 aliphatic rings. The van der Waals surface area contributed by atoms with Crippen molar-refractivity contribution >= 4 is 0 Å². The minimum Gasteiger partial charge on any atom is -0.103 e. The van der Waals surface area contributed by atoms with E-state index in [0.717, 1.165) is 5.92 Å². The molecule has 1 unspecified atom stereocenters. The first-order valence-corrected chi connectivity index (χ1v) is 11.0. The predicted molar refractivity (Wildman–Crippen MR) is 108 cm³/mol. The average molecular weight is 323 g/mol. The zero-order valence-corrected chi connectivity index (χ0v) is 16.6. The summed E-state index contributed by atoms with van der Waals surface area (Å²) in [4.78, 5) is 0. The second-order valence-electron chi connectivity index (χ2n) is 7.52. The van der Waals surface area contributed by atoms with Gasteiger partial charge in [-0.1, -0.05) is 123 Å². The second kappa shape index (κ2) is 19.8. The van der Waals surface area contributed by atoms with E-state index < -0.39 is 0 Å². The van der Waals surface area contributed by atoms with Crippen LogP contribution >= 0.6 is 0 Å². The minimum atomic E-state index is 0.787. The van der Waals surface area contributed by atoms with Crippen LogP contribution in [0.25, 0.3) is 0 Å². The zero-order valence-electron chi connectivity index (χ0n) is 16.6. The van der Waals surface area contributed by atoms with Gasteiger partial charge < -0.3 is 0 Å². The summed E-state index contributed by atoms with van der Waals surface area (Å²) in [6.45, 7) is 8.64. The van der Waals surface area contributed by atoms with Crippen molar-refractivity contribution < 1.29 is 0 Å². The SMILES string of the molecule is C=CC(CCCCCCCCC)CCCCCCCCCCC. The molecule has 0 heterocycles. The third-order valence-electron chi connectivity index (χ3n) is 5.19. The lowest BCUT2D eigenvalue weighted by Gasteiger charge is -2.12. The van der Waals surface area contributed by atoms with Gasteiger partial charge in [-0.3, -0.25) is 0 Å². The third kappa shape index (κ3) is 17.9. The zero-order chi connectivity index (χ0) is 17.0. The molecule has 0 aromatic heterocycles. The summed E-state index contributed by atoms with van der Waals surface area (Å²) in [5, 5.41) is 0. The smallest absolute Gasteiger partial charge is 0.0236 e. The van der Waals surface area contributed by atoms with E-state index in [4.69, 9.17) is 0 Å². The van der Waals surface area contributed by atoms with Crippen LogP contribution in [0.3, 0.4) is 0 Å². The van der Waals surface area contributed by atoms with Gasteiger partial charge >= 0.3 is 0 Å². The number of rotatable bonds is 19. The Hall–Kier alpha value is -0.260. The van der Waals surface area contributed by atoms with Gasteiger partial charge in [-0.2, -0.15) is 0 Å². The number of unbranched alkanes of at least 4 members (excludes halogenated alkanes) is 14. The maximum Gasteiger partial charge on any atom is -0.0236 e. The van der Waals surface area contributed by atoms with Crippen LogP contribution in [0.1, 0.15) is 129 Å². The molecule has 0 radical (unpaired) electrons. The lowest BCUT2D eigenvalue weighted by atomic mass is 9.94. The molecule has 0 amide bonds.